The smallest absolute Gasteiger partial charge is 0.410 e. The third-order valence-electron chi connectivity index (χ3n) is 5.02. The summed E-state index contributed by atoms with van der Waals surface area (Å²) in [6.07, 6.45) is 3.29. The summed E-state index contributed by atoms with van der Waals surface area (Å²) >= 11 is 0. The summed E-state index contributed by atoms with van der Waals surface area (Å²) in [4.78, 5) is 16.8. The van der Waals surface area contributed by atoms with Crippen LogP contribution in [0.1, 0.15) is 30.9 Å². The molecule has 5 nitrogen and oxygen atoms in total. The highest BCUT2D eigenvalue weighted by molar-refractivity contribution is 5.70. The molecule has 2 aromatic carbocycles. The van der Waals surface area contributed by atoms with Gasteiger partial charge in [0, 0.05) is 26.3 Å². The largest absolute Gasteiger partial charge is 0.412 e. The molecule has 1 atom stereocenters. The molecule has 0 saturated carbocycles. The molecule has 1 fully saturated rings. The maximum absolute atomic E-state index is 12.2. The van der Waals surface area contributed by atoms with Crippen LogP contribution in [0.3, 0.4) is 0 Å². The fraction of sp³-hybridized carbons (Fsp3) is 0.409. The Balaban J connectivity index is 1.67. The fourth-order valence-corrected chi connectivity index (χ4v) is 3.49. The molecular formula is C22H29N3O2. The average molecular weight is 367 g/mol. The van der Waals surface area contributed by atoms with Crippen molar-refractivity contribution in [1.29, 1.82) is 0 Å². The molecule has 1 aliphatic heterocycles. The lowest BCUT2D eigenvalue weighted by atomic mass is 10.0. The van der Waals surface area contributed by atoms with Gasteiger partial charge in [-0.25, -0.2) is 4.79 Å². The van der Waals surface area contributed by atoms with E-state index in [4.69, 9.17) is 4.74 Å². The van der Waals surface area contributed by atoms with Gasteiger partial charge in [0.15, 0.2) is 0 Å². The molecule has 3 rings (SSSR count). The number of benzene rings is 2. The van der Waals surface area contributed by atoms with Crippen LogP contribution in [0.2, 0.25) is 0 Å². The topological polar surface area (TPSA) is 44.8 Å². The van der Waals surface area contributed by atoms with Gasteiger partial charge in [0.2, 0.25) is 0 Å². The van der Waals surface area contributed by atoms with Gasteiger partial charge in [-0.1, -0.05) is 36.8 Å². The van der Waals surface area contributed by atoms with Gasteiger partial charge >= 0.3 is 6.09 Å². The van der Waals surface area contributed by atoms with Crippen LogP contribution in [0.15, 0.2) is 54.6 Å². The van der Waals surface area contributed by atoms with Crippen LogP contribution in [0.25, 0.3) is 0 Å². The highest BCUT2D eigenvalue weighted by Gasteiger charge is 2.23. The van der Waals surface area contributed by atoms with Crippen molar-refractivity contribution in [2.24, 2.45) is 0 Å². The first-order valence-corrected chi connectivity index (χ1v) is 9.65. The van der Waals surface area contributed by atoms with Gasteiger partial charge in [-0.2, -0.15) is 0 Å². The molecule has 0 radical (unpaired) electrons. The number of anilines is 1. The van der Waals surface area contributed by atoms with E-state index in [-0.39, 0.29) is 6.04 Å². The maximum atomic E-state index is 12.2. The summed E-state index contributed by atoms with van der Waals surface area (Å²) < 4.78 is 5.36. The van der Waals surface area contributed by atoms with E-state index in [1.54, 1.807) is 12.1 Å². The minimum Gasteiger partial charge on any atom is -0.410 e. The van der Waals surface area contributed by atoms with Gasteiger partial charge in [-0.15, -0.1) is 0 Å². The first kappa shape index (κ1) is 19.2. The van der Waals surface area contributed by atoms with Crippen molar-refractivity contribution in [3.63, 3.8) is 0 Å². The zero-order valence-electron chi connectivity index (χ0n) is 16.2. The lowest BCUT2D eigenvalue weighted by Crippen LogP contribution is -2.41. The Kier molecular flexibility index (Phi) is 6.71. The Morgan fingerprint density at radius 1 is 1.04 bits per heavy atom. The normalized spacial score (nSPS) is 15.8. The molecule has 1 unspecified atom stereocenters. The summed E-state index contributed by atoms with van der Waals surface area (Å²) in [7, 11) is 4.08. The monoisotopic (exact) mass is 367 g/mol. The molecule has 1 saturated heterocycles. The van der Waals surface area contributed by atoms with Gasteiger partial charge in [-0.3, -0.25) is 4.90 Å². The van der Waals surface area contributed by atoms with Crippen LogP contribution in [0, 0.1) is 0 Å². The van der Waals surface area contributed by atoms with Crippen LogP contribution in [0.5, 0.6) is 5.75 Å². The number of nitrogens with one attached hydrogen (secondary N) is 1. The van der Waals surface area contributed by atoms with E-state index in [1.807, 2.05) is 32.3 Å². The Labute approximate surface area is 161 Å². The van der Waals surface area contributed by atoms with Crippen molar-refractivity contribution < 1.29 is 9.53 Å². The summed E-state index contributed by atoms with van der Waals surface area (Å²) in [5.74, 6) is 0.555. The standard InChI is InChI=1S/C22H29N3O2/c1-24(2)19-13-11-18(12-14-19)21(25-15-7-4-8-16-25)17-23-22(26)27-20-9-5-3-6-10-20/h3,5-6,9-14,21H,4,7-8,15-17H2,1-2H3,(H,23,26). The van der Waals surface area contributed by atoms with Crippen LogP contribution in [0.4, 0.5) is 10.5 Å². The van der Waals surface area contributed by atoms with Crippen molar-refractivity contribution in [3.05, 3.63) is 60.2 Å². The summed E-state index contributed by atoms with van der Waals surface area (Å²) in [6, 6.07) is 17.9. The van der Waals surface area contributed by atoms with E-state index in [0.717, 1.165) is 13.1 Å². The molecular weight excluding hydrogens is 338 g/mol. The quantitative estimate of drug-likeness (QED) is 0.836. The van der Waals surface area contributed by atoms with Crippen molar-refractivity contribution in [3.8, 4) is 5.75 Å². The molecule has 144 valence electrons. The van der Waals surface area contributed by atoms with Crippen molar-refractivity contribution in [2.75, 3.05) is 38.6 Å². The third-order valence-corrected chi connectivity index (χ3v) is 5.02. The summed E-state index contributed by atoms with van der Waals surface area (Å²) in [5.41, 5.74) is 2.40. The van der Waals surface area contributed by atoms with Crippen LogP contribution >= 0.6 is 0 Å². The lowest BCUT2D eigenvalue weighted by Gasteiger charge is -2.35. The Bertz CT molecular complexity index is 710. The van der Waals surface area contributed by atoms with E-state index in [1.165, 1.54) is 30.5 Å². The van der Waals surface area contributed by atoms with E-state index < -0.39 is 6.09 Å². The molecule has 0 aliphatic carbocycles. The second-order valence-corrected chi connectivity index (χ2v) is 7.18. The molecule has 0 spiro atoms. The van der Waals surface area contributed by atoms with Gasteiger partial charge in [0.1, 0.15) is 5.75 Å². The number of likely N-dealkylation sites (tertiary alicyclic amines) is 1. The number of piperidine rings is 1. The Morgan fingerprint density at radius 3 is 2.33 bits per heavy atom. The van der Waals surface area contributed by atoms with E-state index in [9.17, 15) is 4.79 Å². The fourth-order valence-electron chi connectivity index (χ4n) is 3.49. The first-order valence-electron chi connectivity index (χ1n) is 9.65. The molecule has 1 amide bonds. The minimum absolute atomic E-state index is 0.157. The second-order valence-electron chi connectivity index (χ2n) is 7.18. The lowest BCUT2D eigenvalue weighted by molar-refractivity contribution is 0.154. The number of hydrogen-bond donors (Lipinski definition) is 1. The predicted octanol–water partition coefficient (Wildman–Crippen LogP) is 4.07. The highest BCUT2D eigenvalue weighted by atomic mass is 16.6. The molecule has 0 bridgehead atoms. The van der Waals surface area contributed by atoms with E-state index in [2.05, 4.69) is 39.4 Å². The summed E-state index contributed by atoms with van der Waals surface area (Å²) in [5, 5.41) is 2.95. The zero-order valence-corrected chi connectivity index (χ0v) is 16.2. The first-order chi connectivity index (χ1) is 13.1. The van der Waals surface area contributed by atoms with Gasteiger partial charge in [-0.05, 0) is 55.8 Å². The molecule has 0 aromatic heterocycles. The van der Waals surface area contributed by atoms with E-state index >= 15 is 0 Å². The number of rotatable bonds is 6. The second kappa shape index (κ2) is 9.42. The predicted molar refractivity (Wildman–Crippen MR) is 109 cm³/mol. The van der Waals surface area contributed by atoms with Crippen LogP contribution in [-0.2, 0) is 0 Å². The molecule has 5 heteroatoms. The summed E-state index contributed by atoms with van der Waals surface area (Å²) in [6.45, 7) is 2.66. The van der Waals surface area contributed by atoms with E-state index in [0.29, 0.717) is 12.3 Å². The Morgan fingerprint density at radius 2 is 1.70 bits per heavy atom. The van der Waals surface area contributed by atoms with Crippen molar-refractivity contribution >= 4 is 11.8 Å². The zero-order chi connectivity index (χ0) is 19.1. The van der Waals surface area contributed by atoms with Gasteiger partial charge in [0.25, 0.3) is 0 Å². The number of ether oxygens (including phenoxy) is 1. The molecule has 1 heterocycles. The molecule has 1 N–H and O–H groups in total. The third kappa shape index (κ3) is 5.47. The Hall–Kier alpha value is -2.53. The van der Waals surface area contributed by atoms with Crippen molar-refractivity contribution in [2.45, 2.75) is 25.3 Å². The van der Waals surface area contributed by atoms with Crippen LogP contribution < -0.4 is 15.0 Å². The number of para-hydroxylation sites is 1. The SMILES string of the molecule is CN(C)c1ccc(C(CNC(=O)Oc2ccccc2)N2CCCCC2)cc1. The minimum atomic E-state index is -0.409. The highest BCUT2D eigenvalue weighted by Crippen LogP contribution is 2.26. The number of nitrogens with zero attached hydrogens (tertiary/aromatic N) is 2. The molecule has 2 aromatic rings. The van der Waals surface area contributed by atoms with Gasteiger partial charge in [0.05, 0.1) is 6.04 Å². The number of carbonyl (C=O) groups excluding carboxylic acids is 1. The maximum Gasteiger partial charge on any atom is 0.412 e. The number of hydrogen-bond acceptors (Lipinski definition) is 4. The van der Waals surface area contributed by atoms with Crippen molar-refractivity contribution in [1.82, 2.24) is 10.2 Å². The van der Waals surface area contributed by atoms with Gasteiger partial charge < -0.3 is 15.0 Å². The molecule has 1 aliphatic rings. The van der Waals surface area contributed by atoms with Crippen LogP contribution in [-0.4, -0.2) is 44.7 Å². The molecule has 27 heavy (non-hydrogen) atoms. The number of carbonyl (C=O) groups is 1. The number of amides is 1. The average Bonchev–Trinajstić information content (AvgIpc) is 2.70.